The molecule has 29 heavy (non-hydrogen) atoms. The van der Waals surface area contributed by atoms with Crippen molar-refractivity contribution in [3.05, 3.63) is 59.4 Å². The van der Waals surface area contributed by atoms with Gasteiger partial charge in [0.25, 0.3) is 5.91 Å². The van der Waals surface area contributed by atoms with Crippen LogP contribution in [0.15, 0.2) is 42.5 Å². The summed E-state index contributed by atoms with van der Waals surface area (Å²) in [5.41, 5.74) is 2.97. The van der Waals surface area contributed by atoms with Crippen molar-refractivity contribution >= 4 is 11.6 Å². The van der Waals surface area contributed by atoms with E-state index >= 15 is 0 Å². The monoisotopic (exact) mass is 397 g/mol. The molecule has 0 aliphatic carbocycles. The first-order valence-electron chi connectivity index (χ1n) is 10.3. The Labute approximate surface area is 171 Å². The largest absolute Gasteiger partial charge is 0.494 e. The van der Waals surface area contributed by atoms with Crippen LogP contribution in [0.2, 0.25) is 0 Å². The Morgan fingerprint density at radius 1 is 1.00 bits per heavy atom. The minimum absolute atomic E-state index is 0.0794. The number of hydrogen-bond donors (Lipinski definition) is 0. The summed E-state index contributed by atoms with van der Waals surface area (Å²) in [6.07, 6.45) is 1.85. The normalized spacial score (nSPS) is 17.4. The van der Waals surface area contributed by atoms with Crippen molar-refractivity contribution in [1.29, 1.82) is 0 Å². The molecule has 0 spiro atoms. The van der Waals surface area contributed by atoms with E-state index in [0.717, 1.165) is 74.7 Å². The molecule has 6 heteroatoms. The summed E-state index contributed by atoms with van der Waals surface area (Å²) in [7, 11) is 1.84. The molecule has 0 unspecified atom stereocenters. The topological polar surface area (TPSA) is 36.0 Å². The Hall–Kier alpha value is -2.60. The zero-order valence-electron chi connectivity index (χ0n) is 16.9. The molecule has 2 aliphatic rings. The molecule has 0 N–H and O–H groups in total. The molecule has 2 heterocycles. The lowest BCUT2D eigenvalue weighted by atomic mass is 9.99. The second kappa shape index (κ2) is 8.82. The maximum atomic E-state index is 13.1. The van der Waals surface area contributed by atoms with Crippen molar-refractivity contribution in [1.82, 2.24) is 9.80 Å². The van der Waals surface area contributed by atoms with Crippen LogP contribution in [0.1, 0.15) is 22.3 Å². The predicted molar refractivity (Wildman–Crippen MR) is 112 cm³/mol. The molecule has 1 fully saturated rings. The number of ether oxygens (including phenoxy) is 1. The standard InChI is InChI=1S/C23H28FN3O2/c1-25-11-9-18-3-8-21(17-22(18)23(25)28)29-16-2-10-26-12-14-27(15-13-26)20-6-4-19(24)5-7-20/h3-8,17H,2,9-16H2,1H3. The van der Waals surface area contributed by atoms with E-state index in [1.165, 1.54) is 12.1 Å². The van der Waals surface area contributed by atoms with Crippen LogP contribution in [0, 0.1) is 5.82 Å². The van der Waals surface area contributed by atoms with Gasteiger partial charge in [-0.05, 0) is 54.8 Å². The number of rotatable bonds is 6. The van der Waals surface area contributed by atoms with E-state index in [2.05, 4.69) is 9.80 Å². The van der Waals surface area contributed by atoms with Gasteiger partial charge in [-0.2, -0.15) is 0 Å². The molecule has 4 rings (SSSR count). The van der Waals surface area contributed by atoms with Gasteiger partial charge in [0.2, 0.25) is 0 Å². The lowest BCUT2D eigenvalue weighted by Crippen LogP contribution is -2.46. The third-order valence-electron chi connectivity index (χ3n) is 5.83. The van der Waals surface area contributed by atoms with E-state index in [4.69, 9.17) is 4.74 Å². The minimum Gasteiger partial charge on any atom is -0.494 e. The van der Waals surface area contributed by atoms with Gasteiger partial charge in [-0.3, -0.25) is 9.69 Å². The molecule has 154 valence electrons. The zero-order valence-corrected chi connectivity index (χ0v) is 16.9. The van der Waals surface area contributed by atoms with Gasteiger partial charge in [0.1, 0.15) is 11.6 Å². The van der Waals surface area contributed by atoms with Crippen molar-refractivity contribution in [2.45, 2.75) is 12.8 Å². The average molecular weight is 397 g/mol. The highest BCUT2D eigenvalue weighted by molar-refractivity contribution is 5.97. The Morgan fingerprint density at radius 3 is 2.52 bits per heavy atom. The molecule has 5 nitrogen and oxygen atoms in total. The fraction of sp³-hybridized carbons (Fsp3) is 0.435. The highest BCUT2D eigenvalue weighted by Gasteiger charge is 2.22. The van der Waals surface area contributed by atoms with Crippen LogP contribution in [-0.4, -0.2) is 68.6 Å². The zero-order chi connectivity index (χ0) is 20.2. The van der Waals surface area contributed by atoms with Crippen molar-refractivity contribution < 1.29 is 13.9 Å². The Morgan fingerprint density at radius 2 is 1.76 bits per heavy atom. The number of amides is 1. The summed E-state index contributed by atoms with van der Waals surface area (Å²) in [4.78, 5) is 18.8. The number of nitrogens with zero attached hydrogens (tertiary/aromatic N) is 3. The molecular weight excluding hydrogens is 369 g/mol. The van der Waals surface area contributed by atoms with Crippen LogP contribution in [-0.2, 0) is 6.42 Å². The van der Waals surface area contributed by atoms with Crippen molar-refractivity contribution in [3.63, 3.8) is 0 Å². The fourth-order valence-electron chi connectivity index (χ4n) is 4.02. The van der Waals surface area contributed by atoms with Gasteiger partial charge < -0.3 is 14.5 Å². The van der Waals surface area contributed by atoms with Gasteiger partial charge >= 0.3 is 0 Å². The number of likely N-dealkylation sites (N-methyl/N-ethyl adjacent to an activating group) is 1. The first kappa shape index (κ1) is 19.7. The number of hydrogen-bond acceptors (Lipinski definition) is 4. The number of benzene rings is 2. The summed E-state index contributed by atoms with van der Waals surface area (Å²) in [5, 5.41) is 0. The Bertz CT molecular complexity index is 848. The van der Waals surface area contributed by atoms with Gasteiger partial charge in [0.05, 0.1) is 6.61 Å². The van der Waals surface area contributed by atoms with E-state index < -0.39 is 0 Å². The van der Waals surface area contributed by atoms with Gasteiger partial charge in [0.15, 0.2) is 0 Å². The molecule has 2 aliphatic heterocycles. The second-order valence-electron chi connectivity index (χ2n) is 7.80. The number of piperazine rings is 1. The lowest BCUT2D eigenvalue weighted by Gasteiger charge is -2.36. The smallest absolute Gasteiger partial charge is 0.254 e. The van der Waals surface area contributed by atoms with Gasteiger partial charge in [-0.25, -0.2) is 4.39 Å². The van der Waals surface area contributed by atoms with Crippen LogP contribution in [0.25, 0.3) is 0 Å². The van der Waals surface area contributed by atoms with Crippen molar-refractivity contribution in [2.75, 3.05) is 57.8 Å². The Balaban J connectivity index is 1.20. The number of halogens is 1. The van der Waals surface area contributed by atoms with Crippen LogP contribution < -0.4 is 9.64 Å². The van der Waals surface area contributed by atoms with Crippen LogP contribution >= 0.6 is 0 Å². The summed E-state index contributed by atoms with van der Waals surface area (Å²) < 4.78 is 19.0. The molecular formula is C23H28FN3O2. The van der Waals surface area contributed by atoms with E-state index in [1.54, 1.807) is 4.90 Å². The van der Waals surface area contributed by atoms with E-state index in [1.807, 2.05) is 37.4 Å². The number of carbonyl (C=O) groups is 1. The van der Waals surface area contributed by atoms with Crippen molar-refractivity contribution in [3.8, 4) is 5.75 Å². The van der Waals surface area contributed by atoms with Crippen LogP contribution in [0.3, 0.4) is 0 Å². The first-order valence-corrected chi connectivity index (χ1v) is 10.3. The van der Waals surface area contributed by atoms with Gasteiger partial charge in [-0.1, -0.05) is 6.07 Å². The molecule has 0 radical (unpaired) electrons. The fourth-order valence-corrected chi connectivity index (χ4v) is 4.02. The van der Waals surface area contributed by atoms with Crippen molar-refractivity contribution in [2.24, 2.45) is 0 Å². The number of anilines is 1. The Kier molecular flexibility index (Phi) is 6.00. The average Bonchev–Trinajstić information content (AvgIpc) is 2.75. The molecule has 2 aromatic rings. The highest BCUT2D eigenvalue weighted by atomic mass is 19.1. The van der Waals surface area contributed by atoms with E-state index in [9.17, 15) is 9.18 Å². The van der Waals surface area contributed by atoms with E-state index in [0.29, 0.717) is 6.61 Å². The van der Waals surface area contributed by atoms with E-state index in [-0.39, 0.29) is 11.7 Å². The maximum Gasteiger partial charge on any atom is 0.254 e. The summed E-state index contributed by atoms with van der Waals surface area (Å²) >= 11 is 0. The first-order chi connectivity index (χ1) is 14.1. The SMILES string of the molecule is CN1CCc2ccc(OCCCN3CCN(c4ccc(F)cc4)CC3)cc2C1=O. The van der Waals surface area contributed by atoms with Gasteiger partial charge in [-0.15, -0.1) is 0 Å². The molecule has 0 saturated carbocycles. The maximum absolute atomic E-state index is 13.1. The molecule has 0 atom stereocenters. The summed E-state index contributed by atoms with van der Waals surface area (Å²) in [5.74, 6) is 0.659. The molecule has 0 aromatic heterocycles. The number of fused-ring (bicyclic) bond motifs is 1. The second-order valence-corrected chi connectivity index (χ2v) is 7.80. The highest BCUT2D eigenvalue weighted by Crippen LogP contribution is 2.23. The minimum atomic E-state index is -0.192. The van der Waals surface area contributed by atoms with Crippen LogP contribution in [0.5, 0.6) is 5.75 Å². The third-order valence-corrected chi connectivity index (χ3v) is 5.83. The van der Waals surface area contributed by atoms with Crippen LogP contribution in [0.4, 0.5) is 10.1 Å². The molecule has 0 bridgehead atoms. The van der Waals surface area contributed by atoms with Gasteiger partial charge in [0, 0.05) is 57.6 Å². The summed E-state index contributed by atoms with van der Waals surface area (Å²) in [6, 6.07) is 12.6. The summed E-state index contributed by atoms with van der Waals surface area (Å²) in [6.45, 7) is 6.30. The third kappa shape index (κ3) is 4.70. The lowest BCUT2D eigenvalue weighted by molar-refractivity contribution is 0.0780. The predicted octanol–water partition coefficient (Wildman–Crippen LogP) is 3.04. The quantitative estimate of drug-likeness (QED) is 0.702. The number of carbonyl (C=O) groups excluding carboxylic acids is 1. The molecule has 1 saturated heterocycles. The molecule has 1 amide bonds. The molecule has 2 aromatic carbocycles.